The molecule has 21 heavy (non-hydrogen) atoms. The number of rotatable bonds is 4. The van der Waals surface area contributed by atoms with Gasteiger partial charge in [-0.05, 0) is 26.8 Å². The van der Waals surface area contributed by atoms with E-state index in [0.717, 1.165) is 0 Å². The number of imidazole rings is 1. The Balaban J connectivity index is 2.66. The average Bonchev–Trinajstić information content (AvgIpc) is 2.77. The summed E-state index contributed by atoms with van der Waals surface area (Å²) in [7, 11) is 0. The minimum atomic E-state index is -0.632. The van der Waals surface area contributed by atoms with E-state index in [2.05, 4.69) is 4.98 Å². The minimum absolute atomic E-state index is 0.0338. The second-order valence-electron chi connectivity index (χ2n) is 4.64. The van der Waals surface area contributed by atoms with Crippen LogP contribution in [0.25, 0.3) is 11.0 Å². The largest absolute Gasteiger partial charge is 0.464 e. The van der Waals surface area contributed by atoms with Crippen LogP contribution in [0.2, 0.25) is 5.02 Å². The molecule has 0 amide bonds. The van der Waals surface area contributed by atoms with Crippen LogP contribution in [-0.4, -0.2) is 22.1 Å². The Morgan fingerprint density at radius 3 is 2.71 bits per heavy atom. The van der Waals surface area contributed by atoms with E-state index >= 15 is 0 Å². The third kappa shape index (κ3) is 2.99. The van der Waals surface area contributed by atoms with Crippen molar-refractivity contribution < 1.29 is 13.9 Å². The summed E-state index contributed by atoms with van der Waals surface area (Å²) < 4.78 is 20.2. The molecule has 0 saturated carbocycles. The van der Waals surface area contributed by atoms with Gasteiger partial charge in [0.2, 0.25) is 0 Å². The number of hydrogen-bond donors (Lipinski definition) is 0. The Morgan fingerprint density at radius 1 is 1.48 bits per heavy atom. The molecule has 2 aromatic rings. The Hall–Kier alpha value is -1.33. The number of benzene rings is 1. The van der Waals surface area contributed by atoms with Gasteiger partial charge in [0.1, 0.15) is 17.7 Å². The maximum atomic E-state index is 13.6. The summed E-state index contributed by atoms with van der Waals surface area (Å²) in [4.78, 5) is 16.3. The van der Waals surface area contributed by atoms with Gasteiger partial charge < -0.3 is 9.30 Å². The van der Waals surface area contributed by atoms with Crippen molar-refractivity contribution in [2.24, 2.45) is 0 Å². The number of halogens is 3. The summed E-state index contributed by atoms with van der Waals surface area (Å²) in [6, 6.07) is 2.04. The molecule has 1 aromatic carbocycles. The monoisotopic (exact) mass is 332 g/mol. The molecule has 4 nitrogen and oxygen atoms in total. The number of hydrogen-bond acceptors (Lipinski definition) is 3. The molecule has 0 fully saturated rings. The molecule has 7 heteroatoms. The first-order valence-corrected chi connectivity index (χ1v) is 7.35. The lowest BCUT2D eigenvalue weighted by Gasteiger charge is -2.17. The molecule has 1 aromatic heterocycles. The summed E-state index contributed by atoms with van der Waals surface area (Å²) in [6.07, 6.45) is 0. The molecule has 0 N–H and O–H groups in total. The van der Waals surface area contributed by atoms with E-state index in [1.54, 1.807) is 25.3 Å². The van der Waals surface area contributed by atoms with Gasteiger partial charge in [-0.1, -0.05) is 11.6 Å². The molecule has 0 saturated heterocycles. The van der Waals surface area contributed by atoms with E-state index in [-0.39, 0.29) is 11.6 Å². The standard InChI is InChI=1S/C14H15Cl2FN2O2/c1-4-21-14(20)8(3)19-12-5-9(16)10(17)6-11(12)18-13(19)7(2)15/h5-8H,4H2,1-3H3. The lowest BCUT2D eigenvalue weighted by Crippen LogP contribution is -2.21. The highest BCUT2D eigenvalue weighted by Crippen LogP contribution is 2.31. The predicted molar refractivity (Wildman–Crippen MR) is 80.3 cm³/mol. The first-order valence-electron chi connectivity index (χ1n) is 6.54. The summed E-state index contributed by atoms with van der Waals surface area (Å²) in [5.74, 6) is -0.504. The fraction of sp³-hybridized carbons (Fsp3) is 0.429. The van der Waals surface area contributed by atoms with Crippen LogP contribution in [0.4, 0.5) is 4.39 Å². The number of alkyl halides is 1. The molecule has 0 aliphatic heterocycles. The molecule has 0 bridgehead atoms. The third-order valence-corrected chi connectivity index (χ3v) is 3.61. The molecule has 2 unspecified atom stereocenters. The van der Waals surface area contributed by atoms with Crippen molar-refractivity contribution in [1.82, 2.24) is 9.55 Å². The Morgan fingerprint density at radius 2 is 2.14 bits per heavy atom. The first-order chi connectivity index (χ1) is 9.86. The Labute approximate surface area is 131 Å². The maximum absolute atomic E-state index is 13.6. The summed E-state index contributed by atoms with van der Waals surface area (Å²) >= 11 is 12.0. The fourth-order valence-electron chi connectivity index (χ4n) is 2.16. The summed E-state index contributed by atoms with van der Waals surface area (Å²) in [5, 5.41) is -0.482. The Bertz CT molecular complexity index is 685. The van der Waals surface area contributed by atoms with Crippen molar-refractivity contribution in [3.63, 3.8) is 0 Å². The van der Waals surface area contributed by atoms with Crippen molar-refractivity contribution in [1.29, 1.82) is 0 Å². The van der Waals surface area contributed by atoms with Crippen molar-refractivity contribution in [2.75, 3.05) is 6.61 Å². The van der Waals surface area contributed by atoms with Gasteiger partial charge in [0.05, 0.1) is 28.0 Å². The van der Waals surface area contributed by atoms with Crippen molar-refractivity contribution in [3.8, 4) is 0 Å². The highest BCUT2D eigenvalue weighted by atomic mass is 35.5. The number of esters is 1. The van der Waals surface area contributed by atoms with E-state index in [1.165, 1.54) is 12.1 Å². The zero-order valence-electron chi connectivity index (χ0n) is 11.9. The van der Waals surface area contributed by atoms with Crippen LogP contribution in [0.5, 0.6) is 0 Å². The van der Waals surface area contributed by atoms with Crippen LogP contribution in [-0.2, 0) is 9.53 Å². The highest BCUT2D eigenvalue weighted by molar-refractivity contribution is 6.31. The Kier molecular flexibility index (Phi) is 4.74. The number of fused-ring (bicyclic) bond motifs is 1. The van der Waals surface area contributed by atoms with E-state index in [9.17, 15) is 9.18 Å². The van der Waals surface area contributed by atoms with Gasteiger partial charge in [-0.3, -0.25) is 0 Å². The molecule has 0 aliphatic carbocycles. The van der Waals surface area contributed by atoms with E-state index in [1.807, 2.05) is 0 Å². The van der Waals surface area contributed by atoms with Crippen molar-refractivity contribution in [3.05, 3.63) is 28.8 Å². The van der Waals surface area contributed by atoms with Crippen LogP contribution in [0.15, 0.2) is 12.1 Å². The third-order valence-electron chi connectivity index (χ3n) is 3.13. The van der Waals surface area contributed by atoms with Crippen molar-refractivity contribution >= 4 is 40.2 Å². The lowest BCUT2D eigenvalue weighted by molar-refractivity contribution is -0.146. The molecule has 2 rings (SSSR count). The van der Waals surface area contributed by atoms with E-state index in [0.29, 0.717) is 16.9 Å². The molecular weight excluding hydrogens is 318 g/mol. The normalized spacial score (nSPS) is 14.2. The van der Waals surface area contributed by atoms with Crippen molar-refractivity contribution in [2.45, 2.75) is 32.2 Å². The fourth-order valence-corrected chi connectivity index (χ4v) is 2.48. The lowest BCUT2D eigenvalue weighted by atomic mass is 10.2. The zero-order valence-corrected chi connectivity index (χ0v) is 13.4. The quantitative estimate of drug-likeness (QED) is 0.620. The SMILES string of the molecule is CCOC(=O)C(C)n1c(C(C)Cl)nc2cc(F)c(Cl)cc21. The first kappa shape index (κ1) is 16.0. The zero-order chi connectivity index (χ0) is 15.7. The van der Waals surface area contributed by atoms with E-state index < -0.39 is 23.2 Å². The highest BCUT2D eigenvalue weighted by Gasteiger charge is 2.25. The molecule has 0 radical (unpaired) electrons. The number of carbonyl (C=O) groups is 1. The van der Waals surface area contributed by atoms with E-state index in [4.69, 9.17) is 27.9 Å². The van der Waals surface area contributed by atoms with Gasteiger partial charge in [-0.2, -0.15) is 0 Å². The number of ether oxygens (including phenoxy) is 1. The van der Waals surface area contributed by atoms with Gasteiger partial charge in [0.25, 0.3) is 0 Å². The van der Waals surface area contributed by atoms with Crippen LogP contribution < -0.4 is 0 Å². The smallest absolute Gasteiger partial charge is 0.328 e. The number of aromatic nitrogens is 2. The van der Waals surface area contributed by atoms with Gasteiger partial charge in [-0.25, -0.2) is 14.2 Å². The molecule has 0 spiro atoms. The number of nitrogens with zero attached hydrogens (tertiary/aromatic N) is 2. The molecule has 0 aliphatic rings. The maximum Gasteiger partial charge on any atom is 0.328 e. The van der Waals surface area contributed by atoms with Gasteiger partial charge in [0.15, 0.2) is 0 Å². The van der Waals surface area contributed by atoms with Gasteiger partial charge in [0, 0.05) is 6.07 Å². The van der Waals surface area contributed by atoms with Crippen LogP contribution in [0, 0.1) is 5.82 Å². The molecule has 114 valence electrons. The molecular formula is C14H15Cl2FN2O2. The second kappa shape index (κ2) is 6.20. The second-order valence-corrected chi connectivity index (χ2v) is 5.70. The summed E-state index contributed by atoms with van der Waals surface area (Å²) in [6.45, 7) is 5.42. The molecule has 1 heterocycles. The van der Waals surface area contributed by atoms with Gasteiger partial charge in [-0.15, -0.1) is 11.6 Å². The van der Waals surface area contributed by atoms with Crippen LogP contribution in [0.1, 0.15) is 38.0 Å². The average molecular weight is 333 g/mol. The van der Waals surface area contributed by atoms with Gasteiger partial charge >= 0.3 is 5.97 Å². The molecule has 2 atom stereocenters. The summed E-state index contributed by atoms with van der Waals surface area (Å²) in [5.41, 5.74) is 0.944. The van der Waals surface area contributed by atoms with Crippen LogP contribution in [0.3, 0.4) is 0 Å². The number of carbonyl (C=O) groups excluding carboxylic acids is 1. The topological polar surface area (TPSA) is 44.1 Å². The van der Waals surface area contributed by atoms with Crippen LogP contribution >= 0.6 is 23.2 Å². The predicted octanol–water partition coefficient (Wildman–Crippen LogP) is 4.25. The minimum Gasteiger partial charge on any atom is -0.464 e.